The number of benzene rings is 6. The van der Waals surface area contributed by atoms with E-state index in [0.29, 0.717) is 33.4 Å². The lowest BCUT2D eigenvalue weighted by atomic mass is 9.91. The number of aromatic hydroxyl groups is 2. The molecular formula is C36H20N2O6. The molecule has 0 radical (unpaired) electrons. The highest BCUT2D eigenvalue weighted by molar-refractivity contribution is 6.10. The number of phenolic OH excluding ortho intramolecular Hbond substituents is 2. The van der Waals surface area contributed by atoms with E-state index in [9.17, 15) is 30.4 Å². The van der Waals surface area contributed by atoms with E-state index in [4.69, 9.17) is 0 Å². The molecule has 0 aliphatic carbocycles. The third-order valence-electron chi connectivity index (χ3n) is 7.10. The number of fused-ring (bicyclic) bond motifs is 2. The minimum absolute atomic E-state index is 0.00307. The van der Waals surface area contributed by atoms with E-state index in [1.807, 2.05) is 36.4 Å². The Morgan fingerprint density at radius 2 is 0.795 bits per heavy atom. The first-order valence-corrected chi connectivity index (χ1v) is 13.3. The fraction of sp³-hybridized carbons (Fsp3) is 0. The molecule has 6 rings (SSSR count). The van der Waals surface area contributed by atoms with Crippen molar-refractivity contribution in [1.29, 1.82) is 0 Å². The highest BCUT2D eigenvalue weighted by Gasteiger charge is 2.17. The first-order valence-electron chi connectivity index (χ1n) is 13.3. The van der Waals surface area contributed by atoms with E-state index in [1.165, 1.54) is 24.3 Å². The van der Waals surface area contributed by atoms with Gasteiger partial charge < -0.3 is 10.2 Å². The van der Waals surface area contributed by atoms with E-state index in [2.05, 4.69) is 23.7 Å². The van der Waals surface area contributed by atoms with Crippen LogP contribution in [0.2, 0.25) is 0 Å². The summed E-state index contributed by atoms with van der Waals surface area (Å²) in [7, 11) is 0. The third-order valence-corrected chi connectivity index (χ3v) is 7.10. The van der Waals surface area contributed by atoms with Crippen LogP contribution in [0.15, 0.2) is 109 Å². The van der Waals surface area contributed by atoms with Crippen molar-refractivity contribution in [2.45, 2.75) is 0 Å². The molecular weight excluding hydrogens is 556 g/mol. The van der Waals surface area contributed by atoms with Gasteiger partial charge in [-0.2, -0.15) is 0 Å². The van der Waals surface area contributed by atoms with Crippen LogP contribution >= 0.6 is 0 Å². The standard InChI is InChI=1S/C36H20N2O6/c39-33-19-11-27-21-25(3-1-23-5-13-29(14-6-23)37(41)42)9-17-31(27)35(33)36-32-18-10-26(22-28(32)12-20-34(36)40)4-2-24-7-15-30(16-8-24)38(43)44/h5-22,39-40H. The van der Waals surface area contributed by atoms with Crippen LogP contribution in [0.5, 0.6) is 11.5 Å². The molecule has 0 saturated heterocycles. The number of nitrogens with zero attached hydrogens (tertiary/aromatic N) is 2. The zero-order chi connectivity index (χ0) is 30.8. The Hall–Kier alpha value is -6.64. The maximum absolute atomic E-state index is 11.0. The monoisotopic (exact) mass is 576 g/mol. The molecule has 0 bridgehead atoms. The van der Waals surface area contributed by atoms with Crippen LogP contribution < -0.4 is 0 Å². The smallest absolute Gasteiger partial charge is 0.269 e. The Balaban J connectivity index is 1.37. The number of phenols is 2. The molecule has 44 heavy (non-hydrogen) atoms. The number of non-ortho nitro benzene ring substituents is 2. The summed E-state index contributed by atoms with van der Waals surface area (Å²) in [6.07, 6.45) is 0. The highest BCUT2D eigenvalue weighted by Crippen LogP contribution is 2.44. The molecule has 0 aliphatic heterocycles. The number of nitro groups is 2. The summed E-state index contributed by atoms with van der Waals surface area (Å²) in [5.74, 6) is 12.2. The molecule has 0 aromatic heterocycles. The number of rotatable bonds is 3. The Bertz CT molecular complexity index is 2090. The van der Waals surface area contributed by atoms with Gasteiger partial charge in [-0.3, -0.25) is 20.2 Å². The largest absolute Gasteiger partial charge is 0.507 e. The van der Waals surface area contributed by atoms with Gasteiger partial charge in [-0.05, 0) is 82.2 Å². The van der Waals surface area contributed by atoms with Gasteiger partial charge in [0.1, 0.15) is 11.5 Å². The van der Waals surface area contributed by atoms with Gasteiger partial charge >= 0.3 is 0 Å². The van der Waals surface area contributed by atoms with Crippen molar-refractivity contribution in [3.8, 4) is 46.3 Å². The Morgan fingerprint density at radius 3 is 1.16 bits per heavy atom. The Morgan fingerprint density at radius 1 is 0.455 bits per heavy atom. The predicted molar refractivity (Wildman–Crippen MR) is 168 cm³/mol. The predicted octanol–water partition coefficient (Wildman–Crippen LogP) is 7.69. The summed E-state index contributed by atoms with van der Waals surface area (Å²) in [5, 5.41) is 46.8. The summed E-state index contributed by atoms with van der Waals surface area (Å²) in [6, 6.07) is 29.8. The molecule has 0 saturated carbocycles. The van der Waals surface area contributed by atoms with Crippen molar-refractivity contribution in [2.24, 2.45) is 0 Å². The van der Waals surface area contributed by atoms with Crippen LogP contribution in [0.1, 0.15) is 22.3 Å². The van der Waals surface area contributed by atoms with Crippen LogP contribution in [-0.2, 0) is 0 Å². The van der Waals surface area contributed by atoms with Crippen LogP contribution in [0, 0.1) is 43.9 Å². The van der Waals surface area contributed by atoms with Crippen LogP contribution in [-0.4, -0.2) is 20.1 Å². The van der Waals surface area contributed by atoms with Crippen LogP contribution in [0.4, 0.5) is 11.4 Å². The van der Waals surface area contributed by atoms with Gasteiger partial charge in [0.05, 0.1) is 9.85 Å². The van der Waals surface area contributed by atoms with Crippen molar-refractivity contribution in [1.82, 2.24) is 0 Å². The highest BCUT2D eigenvalue weighted by atomic mass is 16.6. The lowest BCUT2D eigenvalue weighted by molar-refractivity contribution is -0.385. The average molecular weight is 577 g/mol. The average Bonchev–Trinajstić information content (AvgIpc) is 3.03. The third kappa shape index (κ3) is 5.47. The molecule has 0 fully saturated rings. The first-order chi connectivity index (χ1) is 21.3. The second kappa shape index (κ2) is 11.3. The molecule has 210 valence electrons. The fourth-order valence-electron chi connectivity index (χ4n) is 4.94. The molecule has 0 unspecified atom stereocenters. The molecule has 0 spiro atoms. The zero-order valence-electron chi connectivity index (χ0n) is 22.8. The summed E-state index contributed by atoms with van der Waals surface area (Å²) in [5.41, 5.74) is 3.65. The normalized spacial score (nSPS) is 10.5. The number of hydrogen-bond donors (Lipinski definition) is 2. The first kappa shape index (κ1) is 27.5. The molecule has 0 amide bonds. The molecule has 0 atom stereocenters. The van der Waals surface area contributed by atoms with Crippen molar-refractivity contribution >= 4 is 32.9 Å². The molecule has 6 aromatic rings. The molecule has 2 N–H and O–H groups in total. The minimum Gasteiger partial charge on any atom is -0.507 e. The number of nitro benzene ring substituents is 2. The summed E-state index contributed by atoms with van der Waals surface area (Å²) in [6.45, 7) is 0. The van der Waals surface area contributed by atoms with Crippen molar-refractivity contribution in [2.75, 3.05) is 0 Å². The lowest BCUT2D eigenvalue weighted by Crippen LogP contribution is -1.89. The SMILES string of the molecule is O=[N+]([O-])c1ccc(C#Cc2ccc3c(-c4c(O)ccc5cc(C#Cc6ccc([N+](=O)[O-])cc6)ccc45)c(O)ccc3c2)cc1. The molecule has 0 aliphatic rings. The molecule has 6 aromatic carbocycles. The lowest BCUT2D eigenvalue weighted by Gasteiger charge is -2.14. The maximum atomic E-state index is 11.0. The van der Waals surface area contributed by atoms with Crippen LogP contribution in [0.3, 0.4) is 0 Å². The molecule has 8 nitrogen and oxygen atoms in total. The second-order valence-corrected chi connectivity index (χ2v) is 9.90. The summed E-state index contributed by atoms with van der Waals surface area (Å²) in [4.78, 5) is 20.9. The summed E-state index contributed by atoms with van der Waals surface area (Å²) < 4.78 is 0. The van der Waals surface area contributed by atoms with Gasteiger partial charge in [0.2, 0.25) is 0 Å². The van der Waals surface area contributed by atoms with Gasteiger partial charge in [0.25, 0.3) is 11.4 Å². The van der Waals surface area contributed by atoms with Crippen LogP contribution in [0.25, 0.3) is 32.7 Å². The van der Waals surface area contributed by atoms with Crippen molar-refractivity contribution in [3.63, 3.8) is 0 Å². The van der Waals surface area contributed by atoms with E-state index in [-0.39, 0.29) is 22.9 Å². The quantitative estimate of drug-likeness (QED) is 0.126. The van der Waals surface area contributed by atoms with Gasteiger partial charge in [-0.15, -0.1) is 0 Å². The fourth-order valence-corrected chi connectivity index (χ4v) is 4.94. The Labute approximate surface area is 250 Å². The van der Waals surface area contributed by atoms with Crippen molar-refractivity contribution in [3.05, 3.63) is 152 Å². The molecule has 0 heterocycles. The Kier molecular flexibility index (Phi) is 7.08. The topological polar surface area (TPSA) is 127 Å². The van der Waals surface area contributed by atoms with E-state index >= 15 is 0 Å². The summed E-state index contributed by atoms with van der Waals surface area (Å²) >= 11 is 0. The van der Waals surface area contributed by atoms with Gasteiger partial charge in [0.15, 0.2) is 0 Å². The maximum Gasteiger partial charge on any atom is 0.269 e. The van der Waals surface area contributed by atoms with E-state index in [0.717, 1.165) is 21.5 Å². The zero-order valence-corrected chi connectivity index (χ0v) is 22.8. The van der Waals surface area contributed by atoms with Gasteiger partial charge in [0, 0.05) is 57.6 Å². The van der Waals surface area contributed by atoms with Gasteiger partial charge in [-0.25, -0.2) is 0 Å². The second-order valence-electron chi connectivity index (χ2n) is 9.90. The van der Waals surface area contributed by atoms with E-state index < -0.39 is 9.85 Å². The molecule has 8 heteroatoms. The van der Waals surface area contributed by atoms with Crippen molar-refractivity contribution < 1.29 is 20.1 Å². The number of hydrogen-bond acceptors (Lipinski definition) is 6. The van der Waals surface area contributed by atoms with E-state index in [1.54, 1.807) is 48.5 Å². The minimum atomic E-state index is -0.459. The van der Waals surface area contributed by atoms with Gasteiger partial charge in [-0.1, -0.05) is 47.9 Å².